The van der Waals surface area contributed by atoms with Crippen molar-refractivity contribution in [1.82, 2.24) is 25.5 Å². The van der Waals surface area contributed by atoms with Gasteiger partial charge in [-0.2, -0.15) is 18.0 Å². The maximum atomic E-state index is 12.9. The Morgan fingerprint density at radius 1 is 1.06 bits per heavy atom. The Balaban J connectivity index is 1.35. The molecule has 3 amide bonds. The highest BCUT2D eigenvalue weighted by atomic mass is 19.4. The van der Waals surface area contributed by atoms with Crippen LogP contribution in [0.25, 0.3) is 11.4 Å². The molecule has 2 N–H and O–H groups in total. The number of hydrogen-bond donors (Lipinski definition) is 2. The molecule has 1 aliphatic heterocycles. The van der Waals surface area contributed by atoms with Crippen LogP contribution in [0.15, 0.2) is 42.5 Å². The average molecular weight is 448 g/mol. The largest absolute Gasteiger partial charge is 0.486 e. The maximum absolute atomic E-state index is 12.9. The predicted octanol–water partition coefficient (Wildman–Crippen LogP) is 2.48. The van der Waals surface area contributed by atoms with Crippen molar-refractivity contribution in [2.45, 2.75) is 12.7 Å². The van der Waals surface area contributed by atoms with E-state index in [2.05, 4.69) is 26.0 Å². The lowest BCUT2D eigenvalue weighted by Gasteiger charge is -2.19. The summed E-state index contributed by atoms with van der Waals surface area (Å²) in [5, 5.41) is 15.8. The number of carbonyl (C=O) groups is 2. The molecule has 0 spiro atoms. The average Bonchev–Trinajstić information content (AvgIpc) is 3.21. The van der Waals surface area contributed by atoms with E-state index in [-0.39, 0.29) is 11.4 Å². The van der Waals surface area contributed by atoms with E-state index in [1.165, 1.54) is 12.1 Å². The summed E-state index contributed by atoms with van der Waals surface area (Å²) >= 11 is 0. The highest BCUT2D eigenvalue weighted by Gasteiger charge is 2.30. The number of benzene rings is 2. The SMILES string of the molecule is O=C(Cn1nnc(-c2cccc(C(F)(F)F)c2)n1)NC(=O)Nc1ccc2c(c1)OCCO2. The van der Waals surface area contributed by atoms with Crippen molar-refractivity contribution in [2.75, 3.05) is 18.5 Å². The molecule has 10 nitrogen and oxygen atoms in total. The molecule has 32 heavy (non-hydrogen) atoms. The molecule has 13 heteroatoms. The summed E-state index contributed by atoms with van der Waals surface area (Å²) in [6.45, 7) is 0.343. The zero-order valence-electron chi connectivity index (χ0n) is 16.2. The molecule has 2 aromatic carbocycles. The van der Waals surface area contributed by atoms with Gasteiger partial charge in [0.1, 0.15) is 19.8 Å². The fourth-order valence-electron chi connectivity index (χ4n) is 2.84. The molecule has 1 aliphatic rings. The van der Waals surface area contributed by atoms with Gasteiger partial charge in [-0.1, -0.05) is 12.1 Å². The van der Waals surface area contributed by atoms with Crippen molar-refractivity contribution in [2.24, 2.45) is 0 Å². The number of halogens is 3. The van der Waals surface area contributed by atoms with Crippen LogP contribution in [0, 0.1) is 0 Å². The van der Waals surface area contributed by atoms with Gasteiger partial charge in [0, 0.05) is 17.3 Å². The van der Waals surface area contributed by atoms with Crippen molar-refractivity contribution < 1.29 is 32.2 Å². The molecule has 4 rings (SSSR count). The zero-order chi connectivity index (χ0) is 22.7. The van der Waals surface area contributed by atoms with Gasteiger partial charge in [-0.25, -0.2) is 4.79 Å². The van der Waals surface area contributed by atoms with Crippen LogP contribution in [0.3, 0.4) is 0 Å². The minimum Gasteiger partial charge on any atom is -0.486 e. The highest BCUT2D eigenvalue weighted by Crippen LogP contribution is 2.33. The molecular formula is C19H15F3N6O4. The third-order valence-electron chi connectivity index (χ3n) is 4.24. The predicted molar refractivity (Wildman–Crippen MR) is 103 cm³/mol. The van der Waals surface area contributed by atoms with E-state index in [0.29, 0.717) is 30.4 Å². The van der Waals surface area contributed by atoms with E-state index in [1.807, 2.05) is 0 Å². The monoisotopic (exact) mass is 448 g/mol. The van der Waals surface area contributed by atoms with Crippen molar-refractivity contribution in [3.05, 3.63) is 48.0 Å². The lowest BCUT2D eigenvalue weighted by Crippen LogP contribution is -2.37. The van der Waals surface area contributed by atoms with Crippen molar-refractivity contribution in [3.63, 3.8) is 0 Å². The fourth-order valence-corrected chi connectivity index (χ4v) is 2.84. The Bertz CT molecular complexity index is 1160. The minimum atomic E-state index is -4.52. The molecule has 0 unspecified atom stereocenters. The van der Waals surface area contributed by atoms with Crippen LogP contribution in [0.2, 0.25) is 0 Å². The normalized spacial score (nSPS) is 12.8. The van der Waals surface area contributed by atoms with Crippen LogP contribution in [0.4, 0.5) is 23.7 Å². The summed E-state index contributed by atoms with van der Waals surface area (Å²) in [5.41, 5.74) is -0.395. The number of amides is 3. The number of tetrazole rings is 1. The molecule has 2 heterocycles. The summed E-state index contributed by atoms with van der Waals surface area (Å²) in [5.74, 6) is 0.166. The second kappa shape index (κ2) is 8.53. The van der Waals surface area contributed by atoms with Crippen LogP contribution in [-0.4, -0.2) is 45.4 Å². The first kappa shape index (κ1) is 21.1. The zero-order valence-corrected chi connectivity index (χ0v) is 16.2. The molecule has 3 aromatic rings. The standard InChI is InChI=1S/C19H15F3N6O4/c20-19(21,22)12-3-1-2-11(8-12)17-25-27-28(26-17)10-16(29)24-18(30)23-13-4-5-14-15(9-13)32-7-6-31-14/h1-5,8-9H,6-7,10H2,(H2,23,24,29,30). The number of rotatable bonds is 4. The lowest BCUT2D eigenvalue weighted by atomic mass is 10.1. The van der Waals surface area contributed by atoms with Crippen molar-refractivity contribution >= 4 is 17.6 Å². The van der Waals surface area contributed by atoms with Gasteiger partial charge in [0.2, 0.25) is 5.82 Å². The highest BCUT2D eigenvalue weighted by molar-refractivity contribution is 6.01. The number of nitrogens with zero attached hydrogens (tertiary/aromatic N) is 4. The molecule has 0 saturated carbocycles. The van der Waals surface area contributed by atoms with Gasteiger partial charge in [0.25, 0.3) is 5.91 Å². The summed E-state index contributed by atoms with van der Waals surface area (Å²) in [6.07, 6.45) is -4.52. The summed E-state index contributed by atoms with van der Waals surface area (Å²) < 4.78 is 49.4. The molecule has 0 atom stereocenters. The van der Waals surface area contributed by atoms with Gasteiger partial charge in [0.15, 0.2) is 11.5 Å². The number of ether oxygens (including phenoxy) is 2. The third kappa shape index (κ3) is 4.94. The molecule has 166 valence electrons. The van der Waals surface area contributed by atoms with Gasteiger partial charge in [-0.05, 0) is 29.5 Å². The van der Waals surface area contributed by atoms with Crippen LogP contribution in [0.5, 0.6) is 11.5 Å². The second-order valence-electron chi connectivity index (χ2n) is 6.58. The van der Waals surface area contributed by atoms with E-state index >= 15 is 0 Å². The number of alkyl halides is 3. The minimum absolute atomic E-state index is 0.0860. The van der Waals surface area contributed by atoms with E-state index in [0.717, 1.165) is 16.9 Å². The van der Waals surface area contributed by atoms with E-state index in [1.54, 1.807) is 18.2 Å². The fraction of sp³-hybridized carbons (Fsp3) is 0.211. The van der Waals surface area contributed by atoms with Gasteiger partial charge < -0.3 is 14.8 Å². The second-order valence-corrected chi connectivity index (χ2v) is 6.58. The van der Waals surface area contributed by atoms with E-state index in [4.69, 9.17) is 9.47 Å². The third-order valence-corrected chi connectivity index (χ3v) is 4.24. The molecule has 0 saturated heterocycles. The maximum Gasteiger partial charge on any atom is 0.416 e. The Labute approximate surface area is 178 Å². The molecule has 0 bridgehead atoms. The van der Waals surface area contributed by atoms with Crippen LogP contribution < -0.4 is 20.1 Å². The number of nitrogens with one attached hydrogen (secondary N) is 2. The Kier molecular flexibility index (Phi) is 5.62. The first-order chi connectivity index (χ1) is 15.3. The van der Waals surface area contributed by atoms with Crippen LogP contribution in [-0.2, 0) is 17.5 Å². The number of anilines is 1. The van der Waals surface area contributed by atoms with E-state index < -0.39 is 30.2 Å². The summed E-state index contributed by atoms with van der Waals surface area (Å²) in [6, 6.07) is 8.36. The molecule has 1 aromatic heterocycles. The molecule has 0 aliphatic carbocycles. The summed E-state index contributed by atoms with van der Waals surface area (Å²) in [7, 11) is 0. The van der Waals surface area contributed by atoms with E-state index in [9.17, 15) is 22.8 Å². The first-order valence-corrected chi connectivity index (χ1v) is 9.24. The van der Waals surface area contributed by atoms with Gasteiger partial charge in [-0.3, -0.25) is 10.1 Å². The Morgan fingerprint density at radius 3 is 2.62 bits per heavy atom. The van der Waals surface area contributed by atoms with Gasteiger partial charge in [0.05, 0.1) is 5.56 Å². The number of imide groups is 1. The van der Waals surface area contributed by atoms with Crippen molar-refractivity contribution in [1.29, 1.82) is 0 Å². The molecular weight excluding hydrogens is 433 g/mol. The number of urea groups is 1. The quantitative estimate of drug-likeness (QED) is 0.629. The van der Waals surface area contributed by atoms with Crippen LogP contribution >= 0.6 is 0 Å². The Hall–Kier alpha value is -4.16. The summed E-state index contributed by atoms with van der Waals surface area (Å²) in [4.78, 5) is 25.0. The number of fused-ring (bicyclic) bond motifs is 1. The van der Waals surface area contributed by atoms with Crippen LogP contribution in [0.1, 0.15) is 5.56 Å². The van der Waals surface area contributed by atoms with Crippen molar-refractivity contribution in [3.8, 4) is 22.9 Å². The van der Waals surface area contributed by atoms with Gasteiger partial charge >= 0.3 is 12.2 Å². The number of hydrogen-bond acceptors (Lipinski definition) is 7. The number of carbonyl (C=O) groups excluding carboxylic acids is 2. The Morgan fingerprint density at radius 2 is 1.84 bits per heavy atom. The number of aromatic nitrogens is 4. The molecule has 0 fully saturated rings. The topological polar surface area (TPSA) is 120 Å². The lowest BCUT2D eigenvalue weighted by molar-refractivity contribution is -0.137. The first-order valence-electron chi connectivity index (χ1n) is 9.24. The molecule has 0 radical (unpaired) electrons. The van der Waals surface area contributed by atoms with Gasteiger partial charge in [-0.15, -0.1) is 10.2 Å². The smallest absolute Gasteiger partial charge is 0.416 e.